The summed E-state index contributed by atoms with van der Waals surface area (Å²) in [7, 11) is 5.36. The van der Waals surface area contributed by atoms with Gasteiger partial charge in [-0.25, -0.2) is 0 Å². The molecule has 13 nitrogen and oxygen atoms in total. The number of ether oxygens (including phenoxy) is 5. The highest BCUT2D eigenvalue weighted by Gasteiger charge is 2.49. The second-order valence-corrected chi connectivity index (χ2v) is 14.8. The zero-order valence-electron chi connectivity index (χ0n) is 31.8. The van der Waals surface area contributed by atoms with E-state index in [2.05, 4.69) is 5.16 Å². The SMILES string of the molecule is CCCC(C)(O)C(O)C(C)C(=NOCOCCOC)C(C)CC(C)(O)C(O[C@@H]1O[C@H](C)C[C@H](N(C)C)[C@H]1OC(C)=O)C(C)C(O)C(C)C. The van der Waals surface area contributed by atoms with Crippen molar-refractivity contribution in [1.82, 2.24) is 4.90 Å². The lowest BCUT2D eigenvalue weighted by molar-refractivity contribution is -0.301. The summed E-state index contributed by atoms with van der Waals surface area (Å²) in [5, 5.41) is 50.3. The van der Waals surface area contributed by atoms with Gasteiger partial charge in [0.15, 0.2) is 12.4 Å². The molecule has 12 atom stereocenters. The maximum atomic E-state index is 12.3. The van der Waals surface area contributed by atoms with Gasteiger partial charge in [-0.1, -0.05) is 53.1 Å². The third-order valence-corrected chi connectivity index (χ3v) is 9.44. The number of esters is 1. The topological polar surface area (TPSA) is 169 Å². The summed E-state index contributed by atoms with van der Waals surface area (Å²) in [4.78, 5) is 19.7. The van der Waals surface area contributed by atoms with E-state index in [4.69, 9.17) is 28.5 Å². The lowest BCUT2D eigenvalue weighted by atomic mass is 9.74. The van der Waals surface area contributed by atoms with Crippen LogP contribution in [0.5, 0.6) is 0 Å². The molecule has 1 saturated heterocycles. The maximum absolute atomic E-state index is 12.3. The Balaban J connectivity index is 3.55. The first-order valence-electron chi connectivity index (χ1n) is 17.4. The summed E-state index contributed by atoms with van der Waals surface area (Å²) in [5.41, 5.74) is -2.57. The van der Waals surface area contributed by atoms with Crippen LogP contribution in [0.15, 0.2) is 5.16 Å². The molecule has 0 saturated carbocycles. The van der Waals surface area contributed by atoms with E-state index in [-0.39, 0.29) is 31.3 Å². The van der Waals surface area contributed by atoms with Crippen molar-refractivity contribution < 1.29 is 53.7 Å². The third kappa shape index (κ3) is 13.4. The van der Waals surface area contributed by atoms with Crippen molar-refractivity contribution in [2.24, 2.45) is 28.8 Å². The summed E-state index contributed by atoms with van der Waals surface area (Å²) in [5.74, 6) is -2.37. The van der Waals surface area contributed by atoms with E-state index >= 15 is 0 Å². The van der Waals surface area contributed by atoms with Gasteiger partial charge in [-0.15, -0.1) is 0 Å². The van der Waals surface area contributed by atoms with E-state index in [1.165, 1.54) is 6.92 Å². The van der Waals surface area contributed by atoms with Crippen LogP contribution in [0.1, 0.15) is 94.9 Å². The lowest BCUT2D eigenvalue weighted by Gasteiger charge is -2.47. The van der Waals surface area contributed by atoms with Crippen molar-refractivity contribution in [3.63, 3.8) is 0 Å². The normalized spacial score (nSPS) is 27.0. The standard InChI is InChI=1S/C35H68N2O11/c1-14-15-34(9,41)31(40)24(6)28(36-45-20-44-17-16-43-13)22(4)19-35(10,42)32(25(7)29(39)21(2)3)48-33-30(47-26(8)38)27(37(11)12)18-23(5)46-33/h21-25,27,29-33,39-42H,14-20H2,1-13H3/t22?,23-,24?,25?,27+,29?,30-,31?,32?,33+,34?,35?/m1/s1. The number of carbonyl (C=O) groups excluding carboxylic acids is 1. The van der Waals surface area contributed by atoms with Gasteiger partial charge < -0.3 is 53.8 Å². The van der Waals surface area contributed by atoms with Gasteiger partial charge in [0, 0.05) is 31.8 Å². The lowest BCUT2D eigenvalue weighted by Crippen LogP contribution is -2.60. The summed E-state index contributed by atoms with van der Waals surface area (Å²) >= 11 is 0. The van der Waals surface area contributed by atoms with Gasteiger partial charge in [-0.05, 0) is 60.0 Å². The van der Waals surface area contributed by atoms with Crippen LogP contribution in [0, 0.1) is 23.7 Å². The molecular formula is C35H68N2O11. The molecule has 0 aliphatic carbocycles. The van der Waals surface area contributed by atoms with Crippen LogP contribution >= 0.6 is 0 Å². The molecule has 0 aromatic carbocycles. The van der Waals surface area contributed by atoms with E-state index in [1.54, 1.807) is 27.9 Å². The van der Waals surface area contributed by atoms with E-state index < -0.39 is 65.6 Å². The Morgan fingerprint density at radius 1 is 1.06 bits per heavy atom. The Hall–Kier alpha value is -1.42. The average Bonchev–Trinajstić information content (AvgIpc) is 2.98. The Morgan fingerprint density at radius 2 is 1.69 bits per heavy atom. The Morgan fingerprint density at radius 3 is 2.21 bits per heavy atom. The number of hydrogen-bond donors (Lipinski definition) is 4. The molecule has 284 valence electrons. The Labute approximate surface area is 289 Å². The molecule has 1 aliphatic rings. The molecule has 1 fully saturated rings. The molecule has 1 heterocycles. The highest BCUT2D eigenvalue weighted by atomic mass is 16.7. The predicted octanol–water partition coefficient (Wildman–Crippen LogP) is 3.34. The van der Waals surface area contributed by atoms with Crippen LogP contribution in [0.25, 0.3) is 0 Å². The van der Waals surface area contributed by atoms with Gasteiger partial charge in [0.2, 0.25) is 6.79 Å². The number of rotatable bonds is 22. The first-order chi connectivity index (χ1) is 22.2. The molecule has 0 radical (unpaired) electrons. The molecule has 48 heavy (non-hydrogen) atoms. The van der Waals surface area contributed by atoms with Crippen LogP contribution in [-0.2, 0) is 33.3 Å². The van der Waals surface area contributed by atoms with E-state index in [0.29, 0.717) is 38.2 Å². The molecule has 4 N–H and O–H groups in total. The zero-order valence-corrected chi connectivity index (χ0v) is 31.8. The van der Waals surface area contributed by atoms with Gasteiger partial charge >= 0.3 is 5.97 Å². The van der Waals surface area contributed by atoms with Gasteiger partial charge in [0.25, 0.3) is 0 Å². The molecule has 0 aromatic rings. The molecule has 8 unspecified atom stereocenters. The largest absolute Gasteiger partial charge is 0.455 e. The molecule has 0 spiro atoms. The summed E-state index contributed by atoms with van der Waals surface area (Å²) in [6.45, 7) is 18.1. The fourth-order valence-corrected chi connectivity index (χ4v) is 6.88. The van der Waals surface area contributed by atoms with Crippen molar-refractivity contribution in [3.05, 3.63) is 0 Å². The van der Waals surface area contributed by atoms with Crippen molar-refractivity contribution in [2.45, 2.75) is 149 Å². The molecule has 0 aromatic heterocycles. The van der Waals surface area contributed by atoms with Crippen LogP contribution in [0.3, 0.4) is 0 Å². The number of nitrogens with zero attached hydrogens (tertiary/aromatic N) is 2. The molecule has 13 heteroatoms. The first-order valence-corrected chi connectivity index (χ1v) is 17.4. The van der Waals surface area contributed by atoms with E-state index in [1.807, 2.05) is 60.5 Å². The smallest absolute Gasteiger partial charge is 0.303 e. The molecule has 0 amide bonds. The highest BCUT2D eigenvalue weighted by Crippen LogP contribution is 2.37. The fourth-order valence-electron chi connectivity index (χ4n) is 6.88. The summed E-state index contributed by atoms with van der Waals surface area (Å²) in [6.07, 6.45) is -3.35. The number of aliphatic hydroxyl groups excluding tert-OH is 2. The highest BCUT2D eigenvalue weighted by molar-refractivity contribution is 5.88. The Bertz CT molecular complexity index is 961. The minimum atomic E-state index is -1.60. The first kappa shape index (κ1) is 44.6. The van der Waals surface area contributed by atoms with Gasteiger partial charge in [0.05, 0.1) is 60.6 Å². The fraction of sp³-hybridized carbons (Fsp3) is 0.943. The van der Waals surface area contributed by atoms with Gasteiger partial charge in [0.1, 0.15) is 0 Å². The summed E-state index contributed by atoms with van der Waals surface area (Å²) < 4.78 is 29.0. The third-order valence-electron chi connectivity index (χ3n) is 9.44. The molecule has 0 bridgehead atoms. The Kier molecular flexibility index (Phi) is 19.0. The van der Waals surface area contributed by atoms with E-state index in [9.17, 15) is 25.2 Å². The van der Waals surface area contributed by atoms with Gasteiger partial charge in [-0.2, -0.15) is 0 Å². The molecule has 1 aliphatic heterocycles. The minimum Gasteiger partial charge on any atom is -0.455 e. The van der Waals surface area contributed by atoms with Crippen molar-refractivity contribution in [1.29, 1.82) is 0 Å². The second kappa shape index (κ2) is 20.4. The van der Waals surface area contributed by atoms with Crippen LogP contribution in [-0.4, -0.2) is 132 Å². The van der Waals surface area contributed by atoms with Crippen molar-refractivity contribution in [2.75, 3.05) is 41.2 Å². The van der Waals surface area contributed by atoms with Crippen LogP contribution < -0.4 is 0 Å². The van der Waals surface area contributed by atoms with E-state index in [0.717, 1.165) is 0 Å². The quantitative estimate of drug-likeness (QED) is 0.0430. The number of methoxy groups -OCH3 is 1. The van der Waals surface area contributed by atoms with Crippen molar-refractivity contribution >= 4 is 11.7 Å². The number of carbonyl (C=O) groups is 1. The number of oxime groups is 1. The second-order valence-electron chi connectivity index (χ2n) is 14.8. The van der Waals surface area contributed by atoms with Gasteiger partial charge in [-0.3, -0.25) is 4.79 Å². The monoisotopic (exact) mass is 692 g/mol. The number of aliphatic hydroxyl groups is 4. The van der Waals surface area contributed by atoms with Crippen LogP contribution in [0.2, 0.25) is 0 Å². The maximum Gasteiger partial charge on any atom is 0.303 e. The number of likely N-dealkylation sites (N-methyl/N-ethyl adjacent to an activating group) is 1. The van der Waals surface area contributed by atoms with Crippen LogP contribution in [0.4, 0.5) is 0 Å². The number of hydrogen-bond acceptors (Lipinski definition) is 13. The molecular weight excluding hydrogens is 624 g/mol. The molecule has 1 rings (SSSR count). The zero-order chi connectivity index (χ0) is 37.0. The average molecular weight is 693 g/mol. The predicted molar refractivity (Wildman–Crippen MR) is 183 cm³/mol. The van der Waals surface area contributed by atoms with Crippen molar-refractivity contribution in [3.8, 4) is 0 Å². The minimum absolute atomic E-state index is 0.0736. The summed E-state index contributed by atoms with van der Waals surface area (Å²) in [6, 6.07) is -0.210.